The molecule has 0 unspecified atom stereocenters. The third-order valence-corrected chi connectivity index (χ3v) is 97.2. The van der Waals surface area contributed by atoms with Gasteiger partial charge in [-0.2, -0.15) is 0 Å². The average molecular weight is 627 g/mol. The minimum atomic E-state index is -1.41. The van der Waals surface area contributed by atoms with Crippen LogP contribution in [0.4, 0.5) is 0 Å². The molecule has 0 amide bonds. The summed E-state index contributed by atoms with van der Waals surface area (Å²) in [5.41, 5.74) is 0. The normalized spacial score (nSPS) is 46.4. The van der Waals surface area contributed by atoms with E-state index in [9.17, 15) is 0 Å². The van der Waals surface area contributed by atoms with E-state index < -0.39 is 14.6 Å². The fraction of sp³-hybridized carbons (Fsp3) is 0. The Hall–Kier alpha value is 7.23. The summed E-state index contributed by atoms with van der Waals surface area (Å²) in [5.74, 6) is 0. The molecule has 20 heavy (non-hydrogen) atoms. The van der Waals surface area contributed by atoms with Crippen LogP contribution < -0.4 is 37.7 Å². The first-order valence-electron chi connectivity index (χ1n) is 3.33. The van der Waals surface area contributed by atoms with E-state index in [2.05, 4.69) is 20.9 Å². The van der Waals surface area contributed by atoms with Crippen LogP contribution in [0.2, 0.25) is 0 Å². The molecule has 0 radical (unpaired) electrons. The van der Waals surface area contributed by atoms with Gasteiger partial charge in [-0.05, 0) is 66.0 Å². The van der Waals surface area contributed by atoms with Gasteiger partial charge >= 0.3 is 70.8 Å². The van der Waals surface area contributed by atoms with E-state index in [1.54, 1.807) is 0 Å². The van der Waals surface area contributed by atoms with Gasteiger partial charge in [0.2, 0.25) is 0 Å². The fourth-order valence-corrected chi connectivity index (χ4v) is 222. The molecular formula is GeLi2P4S13. The molecule has 4 aliphatic rings. The van der Waals surface area contributed by atoms with Gasteiger partial charge in [-0.15, -0.1) is 0 Å². The van der Waals surface area contributed by atoms with Crippen molar-refractivity contribution in [2.75, 3.05) is 0 Å². The molecule has 0 N–H and O–H groups in total. The summed E-state index contributed by atoms with van der Waals surface area (Å²) < 4.78 is -5.64. The minimum absolute atomic E-state index is 0. The van der Waals surface area contributed by atoms with E-state index in [-0.39, 0.29) is 63.3 Å². The van der Waals surface area contributed by atoms with Gasteiger partial charge in [0.25, 0.3) is 0 Å². The maximum absolute atomic E-state index is 5.75. The molecule has 0 nitrogen and oxygen atoms in total. The first kappa shape index (κ1) is 29.4. The Bertz CT molecular complexity index is 435. The van der Waals surface area contributed by atoms with Crippen molar-refractivity contribution < 1.29 is 37.7 Å². The molecule has 4 heterocycles. The summed E-state index contributed by atoms with van der Waals surface area (Å²) >= 11 is 34.2. The molecule has 4 aliphatic heterocycles. The molecule has 4 rings (SSSR count). The monoisotopic (exact) mass is 627 g/mol. The molecular weight excluding hydrogens is 627 g/mol. The molecule has 4 fully saturated rings. The average Bonchev–Trinajstić information content (AvgIpc) is 1.90. The van der Waals surface area contributed by atoms with Crippen LogP contribution in [0.1, 0.15) is 0 Å². The van der Waals surface area contributed by atoms with Gasteiger partial charge in [0.05, 0.1) is 0 Å². The van der Waals surface area contributed by atoms with Gasteiger partial charge in [0.15, 0.2) is 0 Å². The van der Waals surface area contributed by atoms with E-state index in [4.69, 9.17) is 47.2 Å². The van der Waals surface area contributed by atoms with Crippen molar-refractivity contribution in [1.82, 2.24) is 0 Å². The molecule has 20 heteroatoms. The molecule has 0 aromatic heterocycles. The van der Waals surface area contributed by atoms with Crippen molar-refractivity contribution in [2.24, 2.45) is 0 Å². The van der Waals surface area contributed by atoms with E-state index in [1.165, 1.54) is 0 Å². The first-order chi connectivity index (χ1) is 7.66. The molecule has 0 saturated carbocycles. The molecule has 4 bridgehead atoms. The molecule has 4 saturated heterocycles. The van der Waals surface area contributed by atoms with Crippen molar-refractivity contribution in [3.8, 4) is 0 Å². The van der Waals surface area contributed by atoms with E-state index in [0.717, 1.165) is 0 Å². The zero-order chi connectivity index (χ0) is 12.9. The predicted octanol–water partition coefficient (Wildman–Crippen LogP) is 2.25. The van der Waals surface area contributed by atoms with Crippen molar-refractivity contribution in [3.05, 3.63) is 0 Å². The van der Waals surface area contributed by atoms with Gasteiger partial charge in [0.1, 0.15) is 14.6 Å². The van der Waals surface area contributed by atoms with Crippen LogP contribution in [0.25, 0.3) is 0 Å². The summed E-state index contributed by atoms with van der Waals surface area (Å²) in [5, 5.41) is 0. The second-order valence-electron chi connectivity index (χ2n) is 2.36. The van der Waals surface area contributed by atoms with Gasteiger partial charge in [-0.3, -0.25) is 0 Å². The predicted molar refractivity (Wildman–Crippen MR) is 131 cm³/mol. The Morgan fingerprint density at radius 2 is 0.650 bits per heavy atom. The zero-order valence-electron chi connectivity index (χ0n) is 9.60. The van der Waals surface area contributed by atoms with Crippen molar-refractivity contribution in [2.45, 2.75) is 0 Å². The Labute approximate surface area is 207 Å². The number of hydrogen-bond acceptors (Lipinski definition) is 12. The Balaban J connectivity index is 0. The Morgan fingerprint density at radius 3 is 0.750 bits per heavy atom. The fourth-order valence-electron chi connectivity index (χ4n) is 0.914. The SMILES string of the molecule is S=P12SP3(=S)SP(=S)(S1)SP(=S)(S2)S3.[Li+].[Li+].[S-2].[S]=[Ge]=[S]. The van der Waals surface area contributed by atoms with E-state index >= 15 is 0 Å². The standard InChI is InChI=1S/GeS2.2Li.P4S10.S/c2-1-3;;;5-1-9-2(6)12-3(7,10-1)14-4(8,11-1)13-2;/q;2*+1;;-2. The van der Waals surface area contributed by atoms with Gasteiger partial charge in [-0.25, -0.2) is 0 Å². The van der Waals surface area contributed by atoms with Crippen molar-refractivity contribution >= 4 is 174 Å². The molecule has 104 valence electrons. The number of hydrogen-bond donors (Lipinski definition) is 0. The molecule has 0 aromatic carbocycles. The topological polar surface area (TPSA) is 0 Å². The van der Waals surface area contributed by atoms with E-state index in [0.29, 0.717) is 0 Å². The van der Waals surface area contributed by atoms with Crippen LogP contribution in [0.5, 0.6) is 0 Å². The number of rotatable bonds is 0. The summed E-state index contributed by atoms with van der Waals surface area (Å²) in [4.78, 5) is 0. The van der Waals surface area contributed by atoms with Crippen LogP contribution in [0.15, 0.2) is 0 Å². The van der Waals surface area contributed by atoms with Crippen molar-refractivity contribution in [1.29, 1.82) is 0 Å². The molecule has 0 aliphatic carbocycles. The molecule has 0 aromatic rings. The van der Waals surface area contributed by atoms with Crippen molar-refractivity contribution in [3.63, 3.8) is 0 Å². The summed E-state index contributed by atoms with van der Waals surface area (Å²) in [6.45, 7) is 0. The second-order valence-corrected chi connectivity index (χ2v) is 65.4. The van der Waals surface area contributed by atoms with Crippen LogP contribution in [-0.4, -0.2) is 12.1 Å². The van der Waals surface area contributed by atoms with Crippen LogP contribution in [-0.2, 0) is 60.7 Å². The molecule has 0 atom stereocenters. The van der Waals surface area contributed by atoms with Crippen LogP contribution in [0, 0.1) is 0 Å². The van der Waals surface area contributed by atoms with Crippen LogP contribution in [0.3, 0.4) is 0 Å². The Kier molecular flexibility index (Phi) is 16.8. The Morgan fingerprint density at radius 1 is 0.550 bits per heavy atom. The van der Waals surface area contributed by atoms with Gasteiger partial charge in [0, 0.05) is 0 Å². The summed E-state index contributed by atoms with van der Waals surface area (Å²) in [6.07, 6.45) is 0. The zero-order valence-corrected chi connectivity index (χ0v) is 25.9. The van der Waals surface area contributed by atoms with Crippen LogP contribution >= 0.6 is 101 Å². The van der Waals surface area contributed by atoms with Gasteiger partial charge < -0.3 is 13.5 Å². The van der Waals surface area contributed by atoms with Gasteiger partial charge in [-0.1, -0.05) is 47.2 Å². The van der Waals surface area contributed by atoms with E-state index in [1.807, 2.05) is 66.0 Å². The second kappa shape index (κ2) is 11.4. The summed E-state index contributed by atoms with van der Waals surface area (Å²) in [6, 6.07) is 0. The maximum atomic E-state index is 5.75. The molecule has 0 spiro atoms. The summed E-state index contributed by atoms with van der Waals surface area (Å²) in [7, 11) is 8.67. The third-order valence-electron chi connectivity index (χ3n) is 1.20. The quantitative estimate of drug-likeness (QED) is 0.286. The third kappa shape index (κ3) is 7.92. The first-order valence-corrected chi connectivity index (χ1v) is 32.7.